The molecule has 5 nitrogen and oxygen atoms in total. The van der Waals surface area contributed by atoms with Crippen molar-refractivity contribution in [1.29, 1.82) is 0 Å². The molecule has 0 aromatic heterocycles. The van der Waals surface area contributed by atoms with E-state index in [2.05, 4.69) is 4.72 Å². The number of carbonyl (C=O) groups is 1. The molecule has 1 amide bonds. The highest BCUT2D eigenvalue weighted by atomic mass is 35.5. The molecule has 1 atom stereocenters. The third kappa shape index (κ3) is 4.44. The summed E-state index contributed by atoms with van der Waals surface area (Å²) in [6.45, 7) is 3.37. The Balaban J connectivity index is 4.54. The molecule has 78 valence electrons. The molecule has 0 aromatic rings. The van der Waals surface area contributed by atoms with Crippen molar-refractivity contribution in [2.45, 2.75) is 19.9 Å². The number of amides is 1. The Hall–Kier alpha value is -0.330. The van der Waals surface area contributed by atoms with Gasteiger partial charge in [0.2, 0.25) is 15.9 Å². The maximum absolute atomic E-state index is 11.0. The maximum atomic E-state index is 11.0. The zero-order valence-electron chi connectivity index (χ0n) is 7.45. The molecule has 3 N–H and O–H groups in total. The molecule has 0 aliphatic carbocycles. The van der Waals surface area contributed by atoms with Gasteiger partial charge in [-0.2, -0.15) is 0 Å². The van der Waals surface area contributed by atoms with Gasteiger partial charge in [0.05, 0.1) is 0 Å². The summed E-state index contributed by atoms with van der Waals surface area (Å²) in [4.78, 5) is 10.8. The van der Waals surface area contributed by atoms with Crippen molar-refractivity contribution in [3.63, 3.8) is 0 Å². The van der Waals surface area contributed by atoms with E-state index in [4.69, 9.17) is 17.3 Å². The van der Waals surface area contributed by atoms with E-state index in [9.17, 15) is 13.2 Å². The van der Waals surface area contributed by atoms with E-state index >= 15 is 0 Å². The van der Waals surface area contributed by atoms with Crippen molar-refractivity contribution in [3.05, 3.63) is 0 Å². The van der Waals surface area contributed by atoms with Crippen LogP contribution in [0.5, 0.6) is 0 Å². The molecule has 0 heterocycles. The summed E-state index contributed by atoms with van der Waals surface area (Å²) < 4.78 is 24.0. The number of nitrogens with two attached hydrogens (primary N) is 1. The van der Waals surface area contributed by atoms with Crippen LogP contribution in [0, 0.1) is 5.92 Å². The minimum atomic E-state index is -3.59. The standard InChI is InChI=1S/C6H13ClN2O3S/c1-4(2)5(6(8)10)9-13(11,12)3-7/h4-5,9H,3H2,1-2H3,(H2,8,10). The fourth-order valence-electron chi connectivity index (χ4n) is 0.748. The largest absolute Gasteiger partial charge is 0.368 e. The number of primary amides is 1. The lowest BCUT2D eigenvalue weighted by Crippen LogP contribution is -2.47. The Morgan fingerprint density at radius 3 is 2.23 bits per heavy atom. The molecule has 0 fully saturated rings. The van der Waals surface area contributed by atoms with Gasteiger partial charge in [-0.15, -0.1) is 11.6 Å². The topological polar surface area (TPSA) is 89.3 Å². The van der Waals surface area contributed by atoms with Gasteiger partial charge in [0.1, 0.15) is 11.3 Å². The van der Waals surface area contributed by atoms with Crippen LogP contribution in [0.3, 0.4) is 0 Å². The number of hydrogen-bond donors (Lipinski definition) is 2. The van der Waals surface area contributed by atoms with Gasteiger partial charge in [0, 0.05) is 0 Å². The van der Waals surface area contributed by atoms with E-state index in [0.29, 0.717) is 0 Å². The van der Waals surface area contributed by atoms with Gasteiger partial charge in [-0.25, -0.2) is 13.1 Å². The number of nitrogens with one attached hydrogen (secondary N) is 1. The minimum absolute atomic E-state index is 0.199. The lowest BCUT2D eigenvalue weighted by molar-refractivity contribution is -0.120. The summed E-state index contributed by atoms with van der Waals surface area (Å²) in [5.41, 5.74) is 4.99. The second kappa shape index (κ2) is 4.78. The summed E-state index contributed by atoms with van der Waals surface area (Å²) in [5.74, 6) is -0.904. The molecule has 0 radical (unpaired) electrons. The van der Waals surface area contributed by atoms with Gasteiger partial charge in [-0.3, -0.25) is 4.79 Å². The van der Waals surface area contributed by atoms with Crippen LogP contribution in [0.4, 0.5) is 0 Å². The highest BCUT2D eigenvalue weighted by Crippen LogP contribution is 2.03. The van der Waals surface area contributed by atoms with Gasteiger partial charge in [0.25, 0.3) is 0 Å². The fourth-order valence-corrected chi connectivity index (χ4v) is 1.77. The molecule has 0 bridgehead atoms. The fraction of sp³-hybridized carbons (Fsp3) is 0.833. The monoisotopic (exact) mass is 228 g/mol. The van der Waals surface area contributed by atoms with Gasteiger partial charge < -0.3 is 5.73 Å². The molecule has 0 saturated heterocycles. The van der Waals surface area contributed by atoms with E-state index in [1.807, 2.05) is 0 Å². The molecule has 0 aromatic carbocycles. The Bertz CT molecular complexity index is 276. The summed E-state index contributed by atoms with van der Waals surface area (Å²) in [7, 11) is -3.59. The first kappa shape index (κ1) is 12.7. The minimum Gasteiger partial charge on any atom is -0.368 e. The Morgan fingerprint density at radius 1 is 1.54 bits per heavy atom. The lowest BCUT2D eigenvalue weighted by atomic mass is 10.1. The molecule has 0 saturated carbocycles. The molecule has 0 spiro atoms. The lowest BCUT2D eigenvalue weighted by Gasteiger charge is -2.17. The number of rotatable bonds is 5. The Kier molecular flexibility index (Phi) is 4.66. The first-order valence-corrected chi connectivity index (χ1v) is 5.84. The van der Waals surface area contributed by atoms with Crippen molar-refractivity contribution in [2.24, 2.45) is 11.7 Å². The predicted octanol–water partition coefficient (Wildman–Crippen LogP) is -0.388. The van der Waals surface area contributed by atoms with Crippen molar-refractivity contribution in [3.8, 4) is 0 Å². The molecular formula is C6H13ClN2O3S. The van der Waals surface area contributed by atoms with Gasteiger partial charge >= 0.3 is 0 Å². The van der Waals surface area contributed by atoms with Crippen LogP contribution in [0.1, 0.15) is 13.8 Å². The normalized spacial score (nSPS) is 14.5. The van der Waals surface area contributed by atoms with Crippen LogP contribution < -0.4 is 10.5 Å². The number of halogens is 1. The summed E-state index contributed by atoms with van der Waals surface area (Å²) >= 11 is 5.14. The zero-order chi connectivity index (χ0) is 10.6. The van der Waals surface area contributed by atoms with Gasteiger partial charge in [0.15, 0.2) is 0 Å². The van der Waals surface area contributed by atoms with Crippen molar-refractivity contribution >= 4 is 27.5 Å². The van der Waals surface area contributed by atoms with Gasteiger partial charge in [-0.05, 0) is 5.92 Å². The zero-order valence-corrected chi connectivity index (χ0v) is 9.02. The smallest absolute Gasteiger partial charge is 0.235 e. The SMILES string of the molecule is CC(C)C(NS(=O)(=O)CCl)C(N)=O. The Labute approximate surface area is 82.7 Å². The number of alkyl halides is 1. The first-order chi connectivity index (χ1) is 5.80. The quantitative estimate of drug-likeness (QED) is 0.629. The second-order valence-electron chi connectivity index (χ2n) is 2.97. The highest BCUT2D eigenvalue weighted by molar-refractivity contribution is 7.90. The Morgan fingerprint density at radius 2 is 2.00 bits per heavy atom. The molecule has 0 rings (SSSR count). The van der Waals surface area contributed by atoms with Gasteiger partial charge in [-0.1, -0.05) is 13.8 Å². The van der Waals surface area contributed by atoms with Crippen LogP contribution in [-0.4, -0.2) is 25.6 Å². The highest BCUT2D eigenvalue weighted by Gasteiger charge is 2.24. The summed E-state index contributed by atoms with van der Waals surface area (Å²) in [6.07, 6.45) is 0. The molecular weight excluding hydrogens is 216 g/mol. The molecule has 0 aliphatic rings. The van der Waals surface area contributed by atoms with Crippen LogP contribution in [0.15, 0.2) is 0 Å². The third-order valence-electron chi connectivity index (χ3n) is 1.42. The number of hydrogen-bond acceptors (Lipinski definition) is 3. The summed E-state index contributed by atoms with van der Waals surface area (Å²) in [6, 6.07) is -0.899. The summed E-state index contributed by atoms with van der Waals surface area (Å²) in [5, 5.41) is -0.580. The van der Waals surface area contributed by atoms with E-state index in [1.54, 1.807) is 13.8 Å². The predicted molar refractivity (Wildman–Crippen MR) is 50.6 cm³/mol. The molecule has 13 heavy (non-hydrogen) atoms. The van der Waals surface area contributed by atoms with E-state index < -0.39 is 27.2 Å². The van der Waals surface area contributed by atoms with Crippen LogP contribution in [0.2, 0.25) is 0 Å². The number of sulfonamides is 1. The van der Waals surface area contributed by atoms with Crippen molar-refractivity contribution in [1.82, 2.24) is 4.72 Å². The van der Waals surface area contributed by atoms with Crippen LogP contribution in [-0.2, 0) is 14.8 Å². The van der Waals surface area contributed by atoms with E-state index in [1.165, 1.54) is 0 Å². The number of carbonyl (C=O) groups excluding carboxylic acids is 1. The van der Waals surface area contributed by atoms with Crippen molar-refractivity contribution < 1.29 is 13.2 Å². The molecule has 0 aliphatic heterocycles. The molecule has 7 heteroatoms. The van der Waals surface area contributed by atoms with E-state index in [-0.39, 0.29) is 5.92 Å². The van der Waals surface area contributed by atoms with Crippen LogP contribution >= 0.6 is 11.6 Å². The third-order valence-corrected chi connectivity index (χ3v) is 3.19. The van der Waals surface area contributed by atoms with Crippen molar-refractivity contribution in [2.75, 3.05) is 5.21 Å². The average molecular weight is 229 g/mol. The van der Waals surface area contributed by atoms with Crippen LogP contribution in [0.25, 0.3) is 0 Å². The maximum Gasteiger partial charge on any atom is 0.235 e. The first-order valence-electron chi connectivity index (χ1n) is 3.65. The molecule has 1 unspecified atom stereocenters. The second-order valence-corrected chi connectivity index (χ2v) is 5.30. The van der Waals surface area contributed by atoms with E-state index in [0.717, 1.165) is 0 Å². The average Bonchev–Trinajstić information content (AvgIpc) is 1.99.